The summed E-state index contributed by atoms with van der Waals surface area (Å²) in [5, 5.41) is 0. The van der Waals surface area contributed by atoms with Crippen molar-refractivity contribution in [2.45, 2.75) is 11.8 Å². The maximum atomic E-state index is 12.6. The van der Waals surface area contributed by atoms with Gasteiger partial charge in [0.25, 0.3) is 0 Å². The van der Waals surface area contributed by atoms with Gasteiger partial charge in [-0.05, 0) is 42.8 Å². The first-order chi connectivity index (χ1) is 12.6. The van der Waals surface area contributed by atoms with Gasteiger partial charge in [0, 0.05) is 47.3 Å². The van der Waals surface area contributed by atoms with Crippen LogP contribution in [0.4, 0.5) is 5.69 Å². The molecule has 1 aliphatic rings. The lowest BCUT2D eigenvalue weighted by molar-refractivity contribution is -0.128. The summed E-state index contributed by atoms with van der Waals surface area (Å²) in [5.41, 5.74) is 2.34. The van der Waals surface area contributed by atoms with E-state index in [0.717, 1.165) is 47.0 Å². The number of amides is 1. The Bertz CT molecular complexity index is 776. The highest BCUT2D eigenvalue weighted by Gasteiger charge is 2.21. The molecule has 2 aromatic carbocycles. The molecule has 3 rings (SSSR count). The highest BCUT2D eigenvalue weighted by Crippen LogP contribution is 2.26. The standard InChI is InChI=1S/C20H23BrN2O2S/c1-15-12-16(21)6-7-19(15)26-14-20(24)23-10-8-22(9-11-23)17-4-3-5-18(13-17)25-2/h3-7,12-13H,8-11,14H2,1-2H3. The monoisotopic (exact) mass is 434 g/mol. The van der Waals surface area contributed by atoms with Gasteiger partial charge >= 0.3 is 0 Å². The summed E-state index contributed by atoms with van der Waals surface area (Å²) < 4.78 is 6.37. The Morgan fingerprint density at radius 1 is 1.15 bits per heavy atom. The van der Waals surface area contributed by atoms with Crippen LogP contribution < -0.4 is 9.64 Å². The zero-order chi connectivity index (χ0) is 18.5. The van der Waals surface area contributed by atoms with Gasteiger partial charge < -0.3 is 14.5 Å². The van der Waals surface area contributed by atoms with E-state index in [0.29, 0.717) is 5.75 Å². The van der Waals surface area contributed by atoms with Crippen molar-refractivity contribution in [3.63, 3.8) is 0 Å². The molecule has 1 heterocycles. The number of ether oxygens (including phenoxy) is 1. The summed E-state index contributed by atoms with van der Waals surface area (Å²) in [4.78, 5) is 18.0. The number of benzene rings is 2. The molecule has 1 aliphatic heterocycles. The van der Waals surface area contributed by atoms with Crippen molar-refractivity contribution in [3.8, 4) is 5.75 Å². The fourth-order valence-electron chi connectivity index (χ4n) is 3.03. The van der Waals surface area contributed by atoms with Gasteiger partial charge in [0.15, 0.2) is 0 Å². The van der Waals surface area contributed by atoms with Gasteiger partial charge in [-0.25, -0.2) is 0 Å². The van der Waals surface area contributed by atoms with Crippen LogP contribution in [-0.2, 0) is 4.79 Å². The van der Waals surface area contributed by atoms with Crippen LogP contribution in [0.3, 0.4) is 0 Å². The molecule has 0 unspecified atom stereocenters. The maximum absolute atomic E-state index is 12.6. The zero-order valence-electron chi connectivity index (χ0n) is 15.1. The second-order valence-corrected chi connectivity index (χ2v) is 8.20. The number of piperazine rings is 1. The lowest BCUT2D eigenvalue weighted by Gasteiger charge is -2.36. The number of anilines is 1. The van der Waals surface area contributed by atoms with Crippen molar-refractivity contribution in [2.24, 2.45) is 0 Å². The van der Waals surface area contributed by atoms with E-state index in [2.05, 4.69) is 46.0 Å². The summed E-state index contributed by atoms with van der Waals surface area (Å²) >= 11 is 5.09. The normalized spacial score (nSPS) is 14.4. The molecule has 0 radical (unpaired) electrons. The third-order valence-electron chi connectivity index (χ3n) is 4.54. The van der Waals surface area contributed by atoms with Crippen LogP contribution in [0.1, 0.15) is 5.56 Å². The maximum Gasteiger partial charge on any atom is 0.233 e. The average Bonchev–Trinajstić information content (AvgIpc) is 2.67. The highest BCUT2D eigenvalue weighted by molar-refractivity contribution is 9.10. The van der Waals surface area contributed by atoms with Gasteiger partial charge in [0.2, 0.25) is 5.91 Å². The SMILES string of the molecule is COc1cccc(N2CCN(C(=O)CSc3ccc(Br)cc3C)CC2)c1. The van der Waals surface area contributed by atoms with Gasteiger partial charge in [0.1, 0.15) is 5.75 Å². The molecule has 0 N–H and O–H groups in total. The summed E-state index contributed by atoms with van der Waals surface area (Å²) in [5.74, 6) is 1.56. The third-order valence-corrected chi connectivity index (χ3v) is 6.19. The lowest BCUT2D eigenvalue weighted by atomic mass is 10.2. The van der Waals surface area contributed by atoms with Crippen LogP contribution in [0.25, 0.3) is 0 Å². The number of hydrogen-bond acceptors (Lipinski definition) is 4. The third kappa shape index (κ3) is 4.74. The van der Waals surface area contributed by atoms with Gasteiger partial charge in [0.05, 0.1) is 12.9 Å². The van der Waals surface area contributed by atoms with Crippen molar-refractivity contribution in [2.75, 3.05) is 43.9 Å². The quantitative estimate of drug-likeness (QED) is 0.659. The molecule has 0 saturated carbocycles. The Balaban J connectivity index is 1.51. The van der Waals surface area contributed by atoms with E-state index in [-0.39, 0.29) is 5.91 Å². The van der Waals surface area contributed by atoms with Crippen LogP contribution in [0.2, 0.25) is 0 Å². The first-order valence-electron chi connectivity index (χ1n) is 8.62. The molecule has 0 spiro atoms. The van der Waals surface area contributed by atoms with E-state index in [9.17, 15) is 4.79 Å². The van der Waals surface area contributed by atoms with Gasteiger partial charge in [-0.15, -0.1) is 11.8 Å². The largest absolute Gasteiger partial charge is 0.497 e. The fraction of sp³-hybridized carbons (Fsp3) is 0.350. The number of thioether (sulfide) groups is 1. The zero-order valence-corrected chi connectivity index (χ0v) is 17.5. The number of rotatable bonds is 5. The Hall–Kier alpha value is -1.66. The second kappa shape index (κ2) is 8.82. The number of nitrogens with zero attached hydrogens (tertiary/aromatic N) is 2. The van der Waals surface area contributed by atoms with E-state index in [1.807, 2.05) is 29.2 Å². The van der Waals surface area contributed by atoms with Gasteiger partial charge in [-0.3, -0.25) is 4.79 Å². The molecule has 4 nitrogen and oxygen atoms in total. The second-order valence-electron chi connectivity index (χ2n) is 6.27. The molecule has 138 valence electrons. The molecule has 1 fully saturated rings. The minimum atomic E-state index is 0.211. The molecule has 6 heteroatoms. The van der Waals surface area contributed by atoms with Gasteiger partial charge in [-0.2, -0.15) is 0 Å². The first kappa shape index (κ1) is 19.1. The Morgan fingerprint density at radius 3 is 2.62 bits per heavy atom. The number of carbonyl (C=O) groups excluding carboxylic acids is 1. The van der Waals surface area contributed by atoms with Crippen LogP contribution in [-0.4, -0.2) is 49.8 Å². The molecule has 0 bridgehead atoms. The number of hydrogen-bond donors (Lipinski definition) is 0. The smallest absolute Gasteiger partial charge is 0.233 e. The van der Waals surface area contributed by atoms with Crippen molar-refractivity contribution in [1.82, 2.24) is 4.90 Å². The Kier molecular flexibility index (Phi) is 6.48. The van der Waals surface area contributed by atoms with E-state index in [1.165, 1.54) is 5.56 Å². The fourth-order valence-corrected chi connectivity index (χ4v) is 4.41. The lowest BCUT2D eigenvalue weighted by Crippen LogP contribution is -2.49. The minimum absolute atomic E-state index is 0.211. The summed E-state index contributed by atoms with van der Waals surface area (Å²) in [7, 11) is 1.68. The predicted molar refractivity (Wildman–Crippen MR) is 111 cm³/mol. The predicted octanol–water partition coefficient (Wildman–Crippen LogP) is 4.21. The minimum Gasteiger partial charge on any atom is -0.497 e. The summed E-state index contributed by atoms with van der Waals surface area (Å²) in [6.45, 7) is 5.29. The van der Waals surface area contributed by atoms with Crippen molar-refractivity contribution in [1.29, 1.82) is 0 Å². The van der Waals surface area contributed by atoms with Crippen molar-refractivity contribution in [3.05, 3.63) is 52.5 Å². The van der Waals surface area contributed by atoms with Crippen LogP contribution >= 0.6 is 27.7 Å². The van der Waals surface area contributed by atoms with E-state index < -0.39 is 0 Å². The summed E-state index contributed by atoms with van der Waals surface area (Å²) in [6.07, 6.45) is 0. The number of methoxy groups -OCH3 is 1. The molecule has 0 aromatic heterocycles. The molecule has 1 amide bonds. The van der Waals surface area contributed by atoms with Crippen molar-refractivity contribution >= 4 is 39.3 Å². The summed E-state index contributed by atoms with van der Waals surface area (Å²) in [6, 6.07) is 14.3. The number of halogens is 1. The molecule has 0 atom stereocenters. The van der Waals surface area contributed by atoms with E-state index >= 15 is 0 Å². The molecule has 1 saturated heterocycles. The van der Waals surface area contributed by atoms with E-state index in [4.69, 9.17) is 4.74 Å². The Morgan fingerprint density at radius 2 is 1.92 bits per heavy atom. The average molecular weight is 435 g/mol. The van der Waals surface area contributed by atoms with Crippen molar-refractivity contribution < 1.29 is 9.53 Å². The highest BCUT2D eigenvalue weighted by atomic mass is 79.9. The van der Waals surface area contributed by atoms with Gasteiger partial charge in [-0.1, -0.05) is 22.0 Å². The van der Waals surface area contributed by atoms with Crippen LogP contribution in [0.15, 0.2) is 51.8 Å². The molecule has 26 heavy (non-hydrogen) atoms. The van der Waals surface area contributed by atoms with Crippen LogP contribution in [0, 0.1) is 6.92 Å². The first-order valence-corrected chi connectivity index (χ1v) is 10.4. The molecular formula is C20H23BrN2O2S. The number of carbonyl (C=O) groups is 1. The molecule has 0 aliphatic carbocycles. The number of aryl methyl sites for hydroxylation is 1. The topological polar surface area (TPSA) is 32.8 Å². The van der Waals surface area contributed by atoms with E-state index in [1.54, 1.807) is 18.9 Å². The van der Waals surface area contributed by atoms with Crippen LogP contribution in [0.5, 0.6) is 5.75 Å². The Labute approximate surface area is 167 Å². The molecule has 2 aromatic rings. The molecular weight excluding hydrogens is 412 g/mol.